The molecule has 0 radical (unpaired) electrons. The van der Waals surface area contributed by atoms with Gasteiger partial charge in [-0.05, 0) is 76.5 Å². The molecule has 1 heterocycles. The van der Waals surface area contributed by atoms with Crippen molar-refractivity contribution in [1.82, 2.24) is 0 Å². The van der Waals surface area contributed by atoms with Crippen LogP contribution in [0.4, 0.5) is 0 Å². The molecule has 0 aromatic rings. The van der Waals surface area contributed by atoms with Crippen LogP contribution < -0.4 is 0 Å². The number of hydrogen-bond acceptors (Lipinski definition) is 2. The predicted molar refractivity (Wildman–Crippen MR) is 91.2 cm³/mol. The van der Waals surface area contributed by atoms with Crippen molar-refractivity contribution in [2.24, 2.45) is 22.7 Å². The Labute approximate surface area is 140 Å². The van der Waals surface area contributed by atoms with E-state index in [0.717, 1.165) is 44.9 Å². The normalized spacial score (nSPS) is 53.0. The van der Waals surface area contributed by atoms with Crippen molar-refractivity contribution in [3.05, 3.63) is 12.7 Å². The van der Waals surface area contributed by atoms with Gasteiger partial charge in [0.05, 0.1) is 16.6 Å². The molecule has 3 rings (SSSR count). The fraction of sp³-hybridized carbons (Fsp3) is 0.850. The number of fused-ring (bicyclic) bond motifs is 3. The Bertz CT molecular complexity index is 529. The molecule has 23 heavy (non-hydrogen) atoms. The van der Waals surface area contributed by atoms with E-state index in [0.29, 0.717) is 5.92 Å². The van der Waals surface area contributed by atoms with Gasteiger partial charge >= 0.3 is 5.97 Å². The summed E-state index contributed by atoms with van der Waals surface area (Å²) in [5.74, 6) is 0.0986. The zero-order valence-corrected chi connectivity index (χ0v) is 15.2. The fourth-order valence-corrected chi connectivity index (χ4v) is 6.45. The van der Waals surface area contributed by atoms with Crippen LogP contribution in [0.5, 0.6) is 0 Å². The Balaban J connectivity index is 1.97. The summed E-state index contributed by atoms with van der Waals surface area (Å²) < 4.78 is 6.59. The van der Waals surface area contributed by atoms with Gasteiger partial charge in [0.15, 0.2) is 0 Å². The molecule has 2 saturated carbocycles. The molecule has 1 N–H and O–H groups in total. The molecule has 3 heteroatoms. The van der Waals surface area contributed by atoms with Crippen LogP contribution in [-0.2, 0) is 9.53 Å². The molecule has 1 saturated heterocycles. The van der Waals surface area contributed by atoms with E-state index in [4.69, 9.17) is 4.74 Å². The lowest BCUT2D eigenvalue weighted by molar-refractivity contribution is -0.254. The molecule has 6 atom stereocenters. The highest BCUT2D eigenvalue weighted by molar-refractivity contribution is 5.75. The van der Waals surface area contributed by atoms with Crippen LogP contribution in [0.15, 0.2) is 12.7 Å². The molecule has 3 aliphatic rings. The summed E-state index contributed by atoms with van der Waals surface area (Å²) in [5.41, 5.74) is -0.892. The van der Waals surface area contributed by atoms with E-state index < -0.39 is 11.4 Å². The Hall–Kier alpha value is -0.830. The van der Waals surface area contributed by atoms with Gasteiger partial charge in [-0.25, -0.2) is 0 Å². The van der Waals surface area contributed by atoms with E-state index in [9.17, 15) is 9.90 Å². The summed E-state index contributed by atoms with van der Waals surface area (Å²) in [6.07, 6.45) is 8.94. The third-order valence-corrected chi connectivity index (χ3v) is 7.76. The quantitative estimate of drug-likeness (QED) is 0.743. The molecule has 130 valence electrons. The van der Waals surface area contributed by atoms with Gasteiger partial charge in [0.25, 0.3) is 0 Å². The third-order valence-electron chi connectivity index (χ3n) is 7.76. The second kappa shape index (κ2) is 5.08. The fourth-order valence-electron chi connectivity index (χ4n) is 6.45. The first-order valence-electron chi connectivity index (χ1n) is 9.17. The maximum atomic E-state index is 12.0. The molecule has 2 aliphatic carbocycles. The van der Waals surface area contributed by atoms with Crippen molar-refractivity contribution in [2.75, 3.05) is 0 Å². The second-order valence-corrected chi connectivity index (χ2v) is 9.20. The van der Waals surface area contributed by atoms with Crippen LogP contribution in [0.1, 0.15) is 72.6 Å². The molecule has 1 aliphatic heterocycles. The van der Waals surface area contributed by atoms with Gasteiger partial charge in [-0.2, -0.15) is 0 Å². The highest BCUT2D eigenvalue weighted by Crippen LogP contribution is 2.65. The standard InChI is InChI=1S/C20H32O3/c1-6-17(2)12-8-15-18(3)10-7-11-19(4,16(21)22)14(18)9-13-20(15,5)23-17/h6,14-15H,1,7-13H2,2-5H3,(H,21,22)/t14-,15-,17+,18+,19-,20-/m1/s1. The van der Waals surface area contributed by atoms with E-state index in [1.165, 1.54) is 0 Å². The Kier molecular flexibility index (Phi) is 3.76. The van der Waals surface area contributed by atoms with E-state index in [1.807, 2.05) is 13.0 Å². The molecule has 0 amide bonds. The van der Waals surface area contributed by atoms with E-state index >= 15 is 0 Å². The summed E-state index contributed by atoms with van der Waals surface area (Å²) in [7, 11) is 0. The van der Waals surface area contributed by atoms with Crippen LogP contribution in [0.2, 0.25) is 0 Å². The van der Waals surface area contributed by atoms with Gasteiger partial charge < -0.3 is 9.84 Å². The van der Waals surface area contributed by atoms with E-state index in [1.54, 1.807) is 0 Å². The molecular formula is C20H32O3. The molecule has 0 aromatic carbocycles. The largest absolute Gasteiger partial charge is 0.481 e. The topological polar surface area (TPSA) is 46.5 Å². The molecule has 0 aromatic heterocycles. The van der Waals surface area contributed by atoms with Crippen LogP contribution in [-0.4, -0.2) is 22.3 Å². The first kappa shape index (κ1) is 17.0. The van der Waals surface area contributed by atoms with Gasteiger partial charge in [-0.15, -0.1) is 6.58 Å². The molecular weight excluding hydrogens is 288 g/mol. The van der Waals surface area contributed by atoms with Crippen LogP contribution >= 0.6 is 0 Å². The first-order chi connectivity index (χ1) is 10.6. The first-order valence-corrected chi connectivity index (χ1v) is 9.17. The molecule has 3 fully saturated rings. The highest BCUT2D eigenvalue weighted by atomic mass is 16.5. The lowest BCUT2D eigenvalue weighted by Crippen LogP contribution is -2.63. The summed E-state index contributed by atoms with van der Waals surface area (Å²) in [4.78, 5) is 12.0. The number of carboxylic acids is 1. The molecule has 0 spiro atoms. The molecule has 0 unspecified atom stereocenters. The number of hydrogen-bond donors (Lipinski definition) is 1. The van der Waals surface area contributed by atoms with Crippen LogP contribution in [0.25, 0.3) is 0 Å². The predicted octanol–water partition coefficient (Wildman–Crippen LogP) is 4.81. The van der Waals surface area contributed by atoms with E-state index in [-0.39, 0.29) is 22.5 Å². The van der Waals surface area contributed by atoms with E-state index in [2.05, 4.69) is 27.4 Å². The van der Waals surface area contributed by atoms with Crippen molar-refractivity contribution >= 4 is 5.97 Å². The smallest absolute Gasteiger partial charge is 0.309 e. The summed E-state index contributed by atoms with van der Waals surface area (Å²) in [6, 6.07) is 0. The van der Waals surface area contributed by atoms with Gasteiger partial charge in [0.1, 0.15) is 0 Å². The SMILES string of the molecule is C=C[C@@]1(C)CC[C@@H]2[C@@]3(C)CCC[C@@](C)(C(=O)O)[C@@H]3CC[C@@]2(C)O1. The van der Waals surface area contributed by atoms with Gasteiger partial charge in [0, 0.05) is 0 Å². The van der Waals surface area contributed by atoms with Gasteiger partial charge in [-0.1, -0.05) is 19.4 Å². The zero-order valence-electron chi connectivity index (χ0n) is 15.2. The van der Waals surface area contributed by atoms with Crippen molar-refractivity contribution in [2.45, 2.75) is 83.8 Å². The zero-order chi connectivity index (χ0) is 17.1. The van der Waals surface area contributed by atoms with Crippen molar-refractivity contribution in [3.63, 3.8) is 0 Å². The second-order valence-electron chi connectivity index (χ2n) is 9.20. The van der Waals surface area contributed by atoms with Crippen LogP contribution in [0, 0.1) is 22.7 Å². The average Bonchev–Trinajstić information content (AvgIpc) is 2.45. The minimum absolute atomic E-state index is 0.0703. The minimum atomic E-state index is -0.607. The Morgan fingerprint density at radius 1 is 1.09 bits per heavy atom. The minimum Gasteiger partial charge on any atom is -0.481 e. The summed E-state index contributed by atoms with van der Waals surface area (Å²) in [5, 5.41) is 9.89. The lowest BCUT2D eigenvalue weighted by Gasteiger charge is -2.64. The third kappa shape index (κ3) is 2.30. The van der Waals surface area contributed by atoms with Crippen molar-refractivity contribution in [1.29, 1.82) is 0 Å². The highest BCUT2D eigenvalue weighted by Gasteiger charge is 2.63. The number of aliphatic carboxylic acids is 1. The number of carboxylic acid groups (broad SMARTS) is 1. The Morgan fingerprint density at radius 2 is 1.74 bits per heavy atom. The maximum absolute atomic E-state index is 12.0. The summed E-state index contributed by atoms with van der Waals surface area (Å²) >= 11 is 0. The maximum Gasteiger partial charge on any atom is 0.309 e. The van der Waals surface area contributed by atoms with Crippen LogP contribution in [0.3, 0.4) is 0 Å². The lowest BCUT2D eigenvalue weighted by atomic mass is 9.44. The van der Waals surface area contributed by atoms with Gasteiger partial charge in [-0.3, -0.25) is 4.79 Å². The Morgan fingerprint density at radius 3 is 2.35 bits per heavy atom. The molecule has 0 bridgehead atoms. The van der Waals surface area contributed by atoms with Gasteiger partial charge in [0.2, 0.25) is 0 Å². The summed E-state index contributed by atoms with van der Waals surface area (Å²) in [6.45, 7) is 12.7. The number of rotatable bonds is 2. The molecule has 3 nitrogen and oxygen atoms in total. The number of ether oxygens (including phenoxy) is 1. The average molecular weight is 320 g/mol. The van der Waals surface area contributed by atoms with Crippen molar-refractivity contribution in [3.8, 4) is 0 Å². The number of carbonyl (C=O) groups is 1. The monoisotopic (exact) mass is 320 g/mol. The van der Waals surface area contributed by atoms with Crippen molar-refractivity contribution < 1.29 is 14.6 Å².